The third-order valence-electron chi connectivity index (χ3n) is 2.44. The van der Waals surface area contributed by atoms with E-state index in [1.54, 1.807) is 0 Å². The Kier molecular flexibility index (Phi) is 4.45. The molecule has 0 aromatic heterocycles. The van der Waals surface area contributed by atoms with E-state index in [1.807, 2.05) is 6.92 Å². The molecular weight excluding hydrogens is 216 g/mol. The van der Waals surface area contributed by atoms with Gasteiger partial charge in [0.25, 0.3) is 0 Å². The molecule has 0 aliphatic carbocycles. The molecule has 1 unspecified atom stereocenters. The van der Waals surface area contributed by atoms with E-state index in [4.69, 9.17) is 0 Å². The van der Waals surface area contributed by atoms with E-state index < -0.39 is 16.2 Å². The van der Waals surface area contributed by atoms with Crippen LogP contribution in [0.4, 0.5) is 0 Å². The fraction of sp³-hybridized carbons (Fsp3) is 0.889. The van der Waals surface area contributed by atoms with E-state index in [2.05, 4.69) is 4.99 Å². The van der Waals surface area contributed by atoms with Gasteiger partial charge in [0.15, 0.2) is 0 Å². The molecule has 1 aliphatic heterocycles. The quantitative estimate of drug-likeness (QED) is 0.533. The van der Waals surface area contributed by atoms with Gasteiger partial charge in [0, 0.05) is 6.54 Å². The first-order valence-electron chi connectivity index (χ1n) is 5.18. The first-order valence-corrected chi connectivity index (χ1v) is 6.79. The number of isocyanates is 1. The SMILES string of the molecule is CCCS(=O)(=O)N1CCCCC1N=C=O. The van der Waals surface area contributed by atoms with Gasteiger partial charge in [-0.25, -0.2) is 13.2 Å². The second kappa shape index (κ2) is 5.39. The summed E-state index contributed by atoms with van der Waals surface area (Å²) in [6, 6.07) is 0. The number of aliphatic imine (C=N–C) groups is 1. The van der Waals surface area contributed by atoms with E-state index in [9.17, 15) is 13.2 Å². The van der Waals surface area contributed by atoms with Crippen molar-refractivity contribution in [2.24, 2.45) is 4.99 Å². The summed E-state index contributed by atoms with van der Waals surface area (Å²) in [6.07, 6.45) is 3.88. The zero-order valence-electron chi connectivity index (χ0n) is 8.85. The summed E-state index contributed by atoms with van der Waals surface area (Å²) in [6.45, 7) is 2.29. The molecular formula is C9H16N2O3S. The number of hydrogen-bond donors (Lipinski definition) is 0. The van der Waals surface area contributed by atoms with Crippen LogP contribution >= 0.6 is 0 Å². The molecule has 5 nitrogen and oxygen atoms in total. The Morgan fingerprint density at radius 2 is 2.20 bits per heavy atom. The zero-order valence-corrected chi connectivity index (χ0v) is 9.66. The van der Waals surface area contributed by atoms with E-state index in [-0.39, 0.29) is 5.75 Å². The summed E-state index contributed by atoms with van der Waals surface area (Å²) < 4.78 is 25.0. The van der Waals surface area contributed by atoms with Crippen LogP contribution < -0.4 is 0 Å². The van der Waals surface area contributed by atoms with E-state index in [0.717, 1.165) is 12.8 Å². The Bertz CT molecular complexity index is 346. The Morgan fingerprint density at radius 1 is 1.47 bits per heavy atom. The lowest BCUT2D eigenvalue weighted by molar-refractivity contribution is 0.259. The number of rotatable bonds is 4. The van der Waals surface area contributed by atoms with Crippen LogP contribution in [0.5, 0.6) is 0 Å². The fourth-order valence-electron chi connectivity index (χ4n) is 1.78. The summed E-state index contributed by atoms with van der Waals surface area (Å²) in [5.74, 6) is 0.123. The molecule has 0 aromatic carbocycles. The third kappa shape index (κ3) is 3.12. The number of carbonyl (C=O) groups excluding carboxylic acids is 1. The monoisotopic (exact) mass is 232 g/mol. The summed E-state index contributed by atoms with van der Waals surface area (Å²) in [5.41, 5.74) is 0. The molecule has 15 heavy (non-hydrogen) atoms. The topological polar surface area (TPSA) is 66.8 Å². The van der Waals surface area contributed by atoms with Crippen molar-refractivity contribution in [2.45, 2.75) is 38.8 Å². The average Bonchev–Trinajstić information content (AvgIpc) is 2.19. The largest absolute Gasteiger partial charge is 0.236 e. The minimum absolute atomic E-state index is 0.123. The van der Waals surface area contributed by atoms with Crippen LogP contribution in [0.1, 0.15) is 32.6 Å². The summed E-state index contributed by atoms with van der Waals surface area (Å²) >= 11 is 0. The highest BCUT2D eigenvalue weighted by Crippen LogP contribution is 2.21. The standard InChI is InChI=1S/C9H16N2O3S/c1-2-7-15(13,14)11-6-4-3-5-9(11)10-8-12/h9H,2-7H2,1H3. The average molecular weight is 232 g/mol. The molecule has 1 heterocycles. The van der Waals surface area contributed by atoms with Gasteiger partial charge in [-0.05, 0) is 25.7 Å². The van der Waals surface area contributed by atoms with Gasteiger partial charge >= 0.3 is 0 Å². The molecule has 1 fully saturated rings. The van der Waals surface area contributed by atoms with Gasteiger partial charge in [0.2, 0.25) is 16.1 Å². The van der Waals surface area contributed by atoms with Crippen LogP contribution in [0.25, 0.3) is 0 Å². The molecule has 0 amide bonds. The molecule has 0 aromatic rings. The molecule has 0 bridgehead atoms. The highest BCUT2D eigenvalue weighted by atomic mass is 32.2. The van der Waals surface area contributed by atoms with Crippen molar-refractivity contribution in [1.29, 1.82) is 0 Å². The Hall–Kier alpha value is -0.710. The molecule has 1 rings (SSSR count). The first-order chi connectivity index (χ1) is 7.11. The van der Waals surface area contributed by atoms with Crippen molar-refractivity contribution in [3.8, 4) is 0 Å². The van der Waals surface area contributed by atoms with Crippen LogP contribution in [0, 0.1) is 0 Å². The first kappa shape index (κ1) is 12.4. The summed E-state index contributed by atoms with van der Waals surface area (Å²) in [7, 11) is -3.24. The summed E-state index contributed by atoms with van der Waals surface area (Å²) in [5, 5.41) is 0. The lowest BCUT2D eigenvalue weighted by atomic mass is 10.1. The highest BCUT2D eigenvalue weighted by molar-refractivity contribution is 7.89. The van der Waals surface area contributed by atoms with Gasteiger partial charge in [0.1, 0.15) is 6.17 Å². The van der Waals surface area contributed by atoms with Crippen molar-refractivity contribution >= 4 is 16.1 Å². The van der Waals surface area contributed by atoms with Gasteiger partial charge in [-0.3, -0.25) is 0 Å². The van der Waals surface area contributed by atoms with Crippen molar-refractivity contribution in [3.63, 3.8) is 0 Å². The number of piperidine rings is 1. The second-order valence-corrected chi connectivity index (χ2v) is 5.66. The Morgan fingerprint density at radius 3 is 2.80 bits per heavy atom. The van der Waals surface area contributed by atoms with Crippen molar-refractivity contribution < 1.29 is 13.2 Å². The number of hydrogen-bond acceptors (Lipinski definition) is 4. The molecule has 0 N–H and O–H groups in total. The van der Waals surface area contributed by atoms with E-state index in [0.29, 0.717) is 19.4 Å². The van der Waals surface area contributed by atoms with Crippen LogP contribution in [-0.4, -0.2) is 37.3 Å². The molecule has 1 aliphatic rings. The molecule has 0 saturated carbocycles. The smallest absolute Gasteiger partial charge is 0.212 e. The maximum Gasteiger partial charge on any atom is 0.236 e. The Balaban J connectivity index is 2.84. The maximum atomic E-state index is 11.8. The maximum absolute atomic E-state index is 11.8. The molecule has 0 radical (unpaired) electrons. The fourth-order valence-corrected chi connectivity index (χ4v) is 3.46. The minimum atomic E-state index is -3.24. The Labute approximate surface area is 90.2 Å². The van der Waals surface area contributed by atoms with Gasteiger partial charge in [0.05, 0.1) is 5.75 Å². The molecule has 0 spiro atoms. The summed E-state index contributed by atoms with van der Waals surface area (Å²) in [4.78, 5) is 13.7. The van der Waals surface area contributed by atoms with Gasteiger partial charge in [-0.2, -0.15) is 9.30 Å². The number of nitrogens with zero attached hydrogens (tertiary/aromatic N) is 2. The van der Waals surface area contributed by atoms with E-state index >= 15 is 0 Å². The van der Waals surface area contributed by atoms with Crippen LogP contribution in [0.15, 0.2) is 4.99 Å². The normalized spacial score (nSPS) is 23.4. The van der Waals surface area contributed by atoms with Crippen molar-refractivity contribution in [3.05, 3.63) is 0 Å². The van der Waals surface area contributed by atoms with Gasteiger partial charge in [-0.1, -0.05) is 6.92 Å². The third-order valence-corrected chi connectivity index (χ3v) is 4.51. The van der Waals surface area contributed by atoms with Crippen molar-refractivity contribution in [1.82, 2.24) is 4.31 Å². The number of sulfonamides is 1. The lowest BCUT2D eigenvalue weighted by Gasteiger charge is -2.30. The molecule has 6 heteroatoms. The molecule has 86 valence electrons. The van der Waals surface area contributed by atoms with Gasteiger partial charge < -0.3 is 0 Å². The zero-order chi connectivity index (χ0) is 11.3. The predicted octanol–water partition coefficient (Wildman–Crippen LogP) is 0.874. The molecule has 1 atom stereocenters. The van der Waals surface area contributed by atoms with Gasteiger partial charge in [-0.15, -0.1) is 0 Å². The van der Waals surface area contributed by atoms with Crippen LogP contribution in [-0.2, 0) is 14.8 Å². The highest BCUT2D eigenvalue weighted by Gasteiger charge is 2.31. The van der Waals surface area contributed by atoms with Crippen LogP contribution in [0.2, 0.25) is 0 Å². The van der Waals surface area contributed by atoms with Crippen molar-refractivity contribution in [2.75, 3.05) is 12.3 Å². The molecule has 1 saturated heterocycles. The van der Waals surface area contributed by atoms with Crippen LogP contribution in [0.3, 0.4) is 0 Å². The lowest BCUT2D eigenvalue weighted by Crippen LogP contribution is -2.43. The second-order valence-electron chi connectivity index (χ2n) is 3.62. The predicted molar refractivity (Wildman–Crippen MR) is 56.5 cm³/mol. The minimum Gasteiger partial charge on any atom is -0.212 e. The van der Waals surface area contributed by atoms with E-state index in [1.165, 1.54) is 10.4 Å².